The smallest absolute Gasteiger partial charge is 0.308 e. The fourth-order valence-corrected chi connectivity index (χ4v) is 4.89. The minimum absolute atomic E-state index is 0.331. The van der Waals surface area contributed by atoms with Gasteiger partial charge in [-0.2, -0.15) is 0 Å². The first-order valence-electron chi connectivity index (χ1n) is 9.74. The third-order valence-electron chi connectivity index (χ3n) is 6.43. The number of rotatable bonds is 5. The van der Waals surface area contributed by atoms with E-state index in [1.165, 1.54) is 18.4 Å². The first kappa shape index (κ1) is 17.3. The summed E-state index contributed by atoms with van der Waals surface area (Å²) in [5, 5.41) is 9.67. The molecular formula is C23H27NO2. The van der Waals surface area contributed by atoms with Gasteiger partial charge >= 0.3 is 5.97 Å². The van der Waals surface area contributed by atoms with Gasteiger partial charge in [0.1, 0.15) is 0 Å². The Morgan fingerprint density at radius 2 is 1.69 bits per heavy atom. The lowest BCUT2D eigenvalue weighted by Gasteiger charge is -2.41. The number of carboxylic acid groups (broad SMARTS) is 1. The molecule has 0 amide bonds. The van der Waals surface area contributed by atoms with E-state index >= 15 is 0 Å². The summed E-state index contributed by atoms with van der Waals surface area (Å²) < 4.78 is 0. The van der Waals surface area contributed by atoms with Gasteiger partial charge in [-0.1, -0.05) is 54.6 Å². The van der Waals surface area contributed by atoms with Crippen LogP contribution in [0, 0.1) is 5.92 Å². The average Bonchev–Trinajstić information content (AvgIpc) is 3.02. The van der Waals surface area contributed by atoms with Gasteiger partial charge in [0, 0.05) is 6.54 Å². The molecule has 1 unspecified atom stereocenters. The third kappa shape index (κ3) is 3.41. The predicted octanol–water partition coefficient (Wildman–Crippen LogP) is 3.91. The molecule has 1 fully saturated rings. The van der Waals surface area contributed by atoms with Crippen LogP contribution in [0.4, 0.5) is 0 Å². The summed E-state index contributed by atoms with van der Waals surface area (Å²) in [7, 11) is 0. The van der Waals surface area contributed by atoms with Crippen molar-refractivity contribution in [2.24, 2.45) is 5.92 Å². The quantitative estimate of drug-likeness (QED) is 0.890. The topological polar surface area (TPSA) is 40.5 Å². The molecule has 0 aromatic heterocycles. The number of nitrogens with zero attached hydrogens (tertiary/aromatic N) is 1. The first-order valence-corrected chi connectivity index (χ1v) is 9.74. The summed E-state index contributed by atoms with van der Waals surface area (Å²) in [6.07, 6.45) is 5.37. The molecule has 2 aromatic rings. The second-order valence-corrected chi connectivity index (χ2v) is 7.96. The van der Waals surface area contributed by atoms with Crippen molar-refractivity contribution in [3.8, 4) is 0 Å². The number of fused-ring (bicyclic) bond motifs is 2. The van der Waals surface area contributed by atoms with E-state index in [1.807, 2.05) is 30.3 Å². The van der Waals surface area contributed by atoms with Crippen LogP contribution in [0.15, 0.2) is 54.6 Å². The van der Waals surface area contributed by atoms with Crippen molar-refractivity contribution in [3.05, 3.63) is 71.3 Å². The maximum absolute atomic E-state index is 11.8. The van der Waals surface area contributed by atoms with E-state index < -0.39 is 5.97 Å². The fourth-order valence-electron chi connectivity index (χ4n) is 4.89. The zero-order valence-corrected chi connectivity index (χ0v) is 15.2. The van der Waals surface area contributed by atoms with Crippen molar-refractivity contribution in [2.75, 3.05) is 19.6 Å². The lowest BCUT2D eigenvalue weighted by Crippen LogP contribution is -2.44. The number of hydrogen-bond acceptors (Lipinski definition) is 2. The zero-order valence-electron chi connectivity index (χ0n) is 15.2. The highest BCUT2D eigenvalue weighted by Crippen LogP contribution is 2.46. The van der Waals surface area contributed by atoms with Gasteiger partial charge in [-0.05, 0) is 67.3 Å². The molecule has 4 rings (SSSR count). The summed E-state index contributed by atoms with van der Waals surface area (Å²) in [5.41, 5.74) is 4.52. The third-order valence-corrected chi connectivity index (χ3v) is 6.43. The van der Waals surface area contributed by atoms with Gasteiger partial charge in [-0.3, -0.25) is 4.79 Å². The second-order valence-electron chi connectivity index (χ2n) is 7.96. The highest BCUT2D eigenvalue weighted by molar-refractivity contribution is 5.70. The van der Waals surface area contributed by atoms with Gasteiger partial charge in [-0.25, -0.2) is 0 Å². The Labute approximate surface area is 155 Å². The number of carboxylic acids is 1. The summed E-state index contributed by atoms with van der Waals surface area (Å²) >= 11 is 0. The molecule has 1 saturated heterocycles. The lowest BCUT2D eigenvalue weighted by molar-refractivity contribution is -0.142. The SMILES string of the molecule is O=C(O)C(Cc1ccccc1)CN1CCC2(CCc3ccccc32)CC1. The van der Waals surface area contributed by atoms with Crippen LogP contribution in [0.1, 0.15) is 36.0 Å². The van der Waals surface area contributed by atoms with Gasteiger partial charge in [0.25, 0.3) is 0 Å². The largest absolute Gasteiger partial charge is 0.481 e. The van der Waals surface area contributed by atoms with E-state index in [1.54, 1.807) is 5.56 Å². The molecule has 1 N–H and O–H groups in total. The van der Waals surface area contributed by atoms with Gasteiger partial charge in [0.2, 0.25) is 0 Å². The Bertz CT molecular complexity index is 763. The Morgan fingerprint density at radius 1 is 1.00 bits per heavy atom. The van der Waals surface area contributed by atoms with Crippen LogP contribution >= 0.6 is 0 Å². The molecule has 2 aliphatic rings. The zero-order chi connectivity index (χ0) is 18.0. The average molecular weight is 349 g/mol. The number of aryl methyl sites for hydroxylation is 1. The monoisotopic (exact) mass is 349 g/mol. The van der Waals surface area contributed by atoms with Crippen LogP contribution in [0.5, 0.6) is 0 Å². The predicted molar refractivity (Wildman–Crippen MR) is 103 cm³/mol. The molecule has 3 heteroatoms. The van der Waals surface area contributed by atoms with Crippen molar-refractivity contribution < 1.29 is 9.90 Å². The lowest BCUT2D eigenvalue weighted by atomic mass is 9.73. The van der Waals surface area contributed by atoms with Gasteiger partial charge in [0.15, 0.2) is 0 Å². The van der Waals surface area contributed by atoms with E-state index in [4.69, 9.17) is 0 Å². The Hall–Kier alpha value is -2.13. The molecule has 1 heterocycles. The molecule has 0 saturated carbocycles. The van der Waals surface area contributed by atoms with Crippen molar-refractivity contribution in [1.29, 1.82) is 0 Å². The van der Waals surface area contributed by atoms with Gasteiger partial charge < -0.3 is 10.0 Å². The Morgan fingerprint density at radius 3 is 2.42 bits per heavy atom. The number of hydrogen-bond donors (Lipinski definition) is 1. The Balaban J connectivity index is 1.39. The number of likely N-dealkylation sites (tertiary alicyclic amines) is 1. The van der Waals surface area contributed by atoms with Gasteiger partial charge in [-0.15, -0.1) is 0 Å². The molecule has 136 valence electrons. The number of piperidine rings is 1. The van der Waals surface area contributed by atoms with E-state index in [-0.39, 0.29) is 5.92 Å². The van der Waals surface area contributed by atoms with Crippen molar-refractivity contribution in [2.45, 2.75) is 37.5 Å². The molecule has 1 atom stereocenters. The summed E-state index contributed by atoms with van der Waals surface area (Å²) in [6, 6.07) is 18.9. The van der Waals surface area contributed by atoms with E-state index in [9.17, 15) is 9.90 Å². The molecule has 0 radical (unpaired) electrons. The molecule has 2 aromatic carbocycles. The van der Waals surface area contributed by atoms with E-state index in [0.717, 1.165) is 31.5 Å². The standard InChI is InChI=1S/C23H27NO2/c25-22(26)20(16-18-6-2-1-3-7-18)17-24-14-12-23(13-15-24)11-10-19-8-4-5-9-21(19)23/h1-9,20H,10-17H2,(H,25,26). The highest BCUT2D eigenvalue weighted by Gasteiger charge is 2.41. The maximum atomic E-state index is 11.8. The summed E-state index contributed by atoms with van der Waals surface area (Å²) in [5.74, 6) is -1.01. The molecule has 3 nitrogen and oxygen atoms in total. The van der Waals surface area contributed by atoms with Crippen molar-refractivity contribution in [1.82, 2.24) is 4.90 Å². The summed E-state index contributed by atoms with van der Waals surface area (Å²) in [4.78, 5) is 14.1. The van der Waals surface area contributed by atoms with Crippen LogP contribution in [-0.2, 0) is 23.1 Å². The summed E-state index contributed by atoms with van der Waals surface area (Å²) in [6.45, 7) is 2.67. The molecule has 1 aliphatic heterocycles. The van der Waals surface area contributed by atoms with Crippen LogP contribution in [0.2, 0.25) is 0 Å². The fraction of sp³-hybridized carbons (Fsp3) is 0.435. The normalized spacial score (nSPS) is 20.0. The van der Waals surface area contributed by atoms with Crippen LogP contribution in [-0.4, -0.2) is 35.6 Å². The molecule has 26 heavy (non-hydrogen) atoms. The molecule has 1 spiro atoms. The minimum Gasteiger partial charge on any atom is -0.481 e. The van der Waals surface area contributed by atoms with Crippen molar-refractivity contribution >= 4 is 5.97 Å². The molecule has 1 aliphatic carbocycles. The molecule has 0 bridgehead atoms. The first-order chi connectivity index (χ1) is 12.7. The van der Waals surface area contributed by atoms with Crippen LogP contribution in [0.25, 0.3) is 0 Å². The van der Waals surface area contributed by atoms with E-state index in [0.29, 0.717) is 18.4 Å². The van der Waals surface area contributed by atoms with Crippen LogP contribution < -0.4 is 0 Å². The number of carbonyl (C=O) groups is 1. The highest BCUT2D eigenvalue weighted by atomic mass is 16.4. The van der Waals surface area contributed by atoms with E-state index in [2.05, 4.69) is 29.2 Å². The maximum Gasteiger partial charge on any atom is 0.308 e. The second kappa shape index (κ2) is 7.24. The number of benzene rings is 2. The van der Waals surface area contributed by atoms with Gasteiger partial charge in [0.05, 0.1) is 5.92 Å². The van der Waals surface area contributed by atoms with Crippen LogP contribution in [0.3, 0.4) is 0 Å². The molecular weight excluding hydrogens is 322 g/mol. The number of aliphatic carboxylic acids is 1. The van der Waals surface area contributed by atoms with Crippen molar-refractivity contribution in [3.63, 3.8) is 0 Å². The Kier molecular flexibility index (Phi) is 4.82. The minimum atomic E-state index is -0.680.